The second-order valence-corrected chi connectivity index (χ2v) is 6.09. The molecule has 0 atom stereocenters. The molecule has 0 amide bonds. The van der Waals surface area contributed by atoms with Gasteiger partial charge in [0.1, 0.15) is 28.5 Å². The normalized spacial score (nSPS) is 11.3. The number of pyridine rings is 1. The minimum atomic E-state index is 0.0808. The summed E-state index contributed by atoms with van der Waals surface area (Å²) in [7, 11) is 1.63. The van der Waals surface area contributed by atoms with Crippen molar-refractivity contribution in [2.24, 2.45) is 10.2 Å². The van der Waals surface area contributed by atoms with E-state index in [-0.39, 0.29) is 5.75 Å². The molecule has 0 aliphatic rings. The number of imidazole rings is 1. The van der Waals surface area contributed by atoms with E-state index in [0.717, 1.165) is 22.5 Å². The maximum Gasteiger partial charge on any atom is 0.187 e. The van der Waals surface area contributed by atoms with Crippen LogP contribution in [0.3, 0.4) is 0 Å². The first-order chi connectivity index (χ1) is 13.2. The molecule has 27 heavy (non-hydrogen) atoms. The van der Waals surface area contributed by atoms with Crippen LogP contribution in [-0.2, 0) is 0 Å². The lowest BCUT2D eigenvalue weighted by atomic mass is 10.1. The fourth-order valence-electron chi connectivity index (χ4n) is 2.88. The number of para-hydroxylation sites is 1. The Morgan fingerprint density at radius 1 is 0.963 bits per heavy atom. The van der Waals surface area contributed by atoms with E-state index in [4.69, 9.17) is 9.72 Å². The molecular weight excluding hydrogens is 340 g/mol. The Hall–Kier alpha value is -3.67. The topological polar surface area (TPSA) is 71.5 Å². The minimum Gasteiger partial charge on any atom is -0.506 e. The molecule has 6 heteroatoms. The van der Waals surface area contributed by atoms with E-state index < -0.39 is 0 Å². The summed E-state index contributed by atoms with van der Waals surface area (Å²) >= 11 is 0. The van der Waals surface area contributed by atoms with Gasteiger partial charge in [-0.25, -0.2) is 4.98 Å². The lowest BCUT2D eigenvalue weighted by molar-refractivity contribution is 0.415. The van der Waals surface area contributed by atoms with Gasteiger partial charge in [0.05, 0.1) is 7.11 Å². The van der Waals surface area contributed by atoms with Crippen molar-refractivity contribution in [2.45, 2.75) is 6.92 Å². The SMILES string of the molecule is COc1ccc(-c2nc3c(C)cccn3c2N=Nc2ccccc2O)cc1. The molecule has 2 heterocycles. The number of phenolic OH excluding ortho intramolecular Hbond substituents is 1. The van der Waals surface area contributed by atoms with E-state index in [9.17, 15) is 5.11 Å². The number of aromatic nitrogens is 2. The summed E-state index contributed by atoms with van der Waals surface area (Å²) in [4.78, 5) is 4.78. The Bertz CT molecular complexity index is 1130. The standard InChI is InChI=1S/C21H18N4O2/c1-14-6-5-13-25-20(14)22-19(15-9-11-16(27-2)12-10-15)21(25)24-23-17-7-3-4-8-18(17)26/h3-13,26H,1-2H3. The van der Waals surface area contributed by atoms with Gasteiger partial charge in [0.2, 0.25) is 0 Å². The third kappa shape index (κ3) is 3.13. The summed E-state index contributed by atoms with van der Waals surface area (Å²) in [6.45, 7) is 2.00. The fourth-order valence-corrected chi connectivity index (χ4v) is 2.88. The number of benzene rings is 2. The van der Waals surface area contributed by atoms with Gasteiger partial charge in [-0.15, -0.1) is 10.2 Å². The van der Waals surface area contributed by atoms with Crippen LogP contribution >= 0.6 is 0 Å². The second-order valence-electron chi connectivity index (χ2n) is 6.09. The molecule has 0 saturated carbocycles. The molecular formula is C21H18N4O2. The van der Waals surface area contributed by atoms with Crippen molar-refractivity contribution in [3.8, 4) is 22.8 Å². The summed E-state index contributed by atoms with van der Waals surface area (Å²) in [5.41, 5.74) is 3.88. The summed E-state index contributed by atoms with van der Waals surface area (Å²) in [6, 6.07) is 18.4. The average molecular weight is 358 g/mol. The molecule has 2 aromatic carbocycles. The molecule has 4 aromatic rings. The minimum absolute atomic E-state index is 0.0808. The first kappa shape index (κ1) is 16.8. The van der Waals surface area contributed by atoms with E-state index in [0.29, 0.717) is 17.2 Å². The van der Waals surface area contributed by atoms with Crippen LogP contribution in [0.2, 0.25) is 0 Å². The Balaban J connectivity index is 1.89. The van der Waals surface area contributed by atoms with E-state index in [1.807, 2.05) is 53.9 Å². The van der Waals surface area contributed by atoms with Crippen LogP contribution in [0.15, 0.2) is 77.1 Å². The highest BCUT2D eigenvalue weighted by molar-refractivity contribution is 5.75. The number of rotatable bonds is 4. The van der Waals surface area contributed by atoms with Crippen LogP contribution in [0.5, 0.6) is 11.5 Å². The molecule has 0 fully saturated rings. The van der Waals surface area contributed by atoms with Gasteiger partial charge in [-0.2, -0.15) is 0 Å². The molecule has 2 aromatic heterocycles. The molecule has 1 N–H and O–H groups in total. The molecule has 134 valence electrons. The van der Waals surface area contributed by atoms with E-state index in [1.54, 1.807) is 31.4 Å². The van der Waals surface area contributed by atoms with Crippen molar-refractivity contribution < 1.29 is 9.84 Å². The highest BCUT2D eigenvalue weighted by atomic mass is 16.5. The van der Waals surface area contributed by atoms with Crippen molar-refractivity contribution in [3.63, 3.8) is 0 Å². The Morgan fingerprint density at radius 2 is 1.74 bits per heavy atom. The first-order valence-corrected chi connectivity index (χ1v) is 8.49. The highest BCUT2D eigenvalue weighted by Crippen LogP contribution is 2.35. The third-order valence-corrected chi connectivity index (χ3v) is 4.32. The smallest absolute Gasteiger partial charge is 0.187 e. The van der Waals surface area contributed by atoms with Gasteiger partial charge in [0.25, 0.3) is 0 Å². The monoisotopic (exact) mass is 358 g/mol. The van der Waals surface area contributed by atoms with Gasteiger partial charge >= 0.3 is 0 Å². The Morgan fingerprint density at radius 3 is 2.48 bits per heavy atom. The molecule has 0 saturated heterocycles. The number of aryl methyl sites for hydroxylation is 1. The van der Waals surface area contributed by atoms with E-state index >= 15 is 0 Å². The quantitative estimate of drug-likeness (QED) is 0.494. The molecule has 6 nitrogen and oxygen atoms in total. The van der Waals surface area contributed by atoms with Gasteiger partial charge in [0, 0.05) is 11.8 Å². The molecule has 0 radical (unpaired) electrons. The highest BCUT2D eigenvalue weighted by Gasteiger charge is 2.15. The second kappa shape index (κ2) is 6.92. The van der Waals surface area contributed by atoms with Gasteiger partial charge in [-0.3, -0.25) is 4.40 Å². The molecule has 0 unspecified atom stereocenters. The van der Waals surface area contributed by atoms with Crippen LogP contribution in [0.1, 0.15) is 5.56 Å². The predicted octanol–water partition coefficient (Wildman–Crippen LogP) is 5.44. The number of phenols is 1. The largest absolute Gasteiger partial charge is 0.506 e. The summed E-state index contributed by atoms with van der Waals surface area (Å²) in [5, 5.41) is 18.6. The number of ether oxygens (including phenoxy) is 1. The lowest BCUT2D eigenvalue weighted by Gasteiger charge is -2.02. The Kier molecular flexibility index (Phi) is 4.30. The van der Waals surface area contributed by atoms with E-state index in [1.165, 1.54) is 0 Å². The fraction of sp³-hybridized carbons (Fsp3) is 0.0952. The van der Waals surface area contributed by atoms with Crippen LogP contribution in [0.25, 0.3) is 16.9 Å². The van der Waals surface area contributed by atoms with Gasteiger partial charge in [-0.05, 0) is 55.0 Å². The van der Waals surface area contributed by atoms with Gasteiger partial charge in [0.15, 0.2) is 5.82 Å². The van der Waals surface area contributed by atoms with Crippen LogP contribution in [0.4, 0.5) is 11.5 Å². The number of hydrogen-bond donors (Lipinski definition) is 1. The molecule has 0 aliphatic heterocycles. The zero-order chi connectivity index (χ0) is 18.8. The van der Waals surface area contributed by atoms with Gasteiger partial charge in [-0.1, -0.05) is 18.2 Å². The van der Waals surface area contributed by atoms with Crippen molar-refractivity contribution >= 4 is 17.2 Å². The lowest BCUT2D eigenvalue weighted by Crippen LogP contribution is -1.85. The van der Waals surface area contributed by atoms with Gasteiger partial charge < -0.3 is 9.84 Å². The first-order valence-electron chi connectivity index (χ1n) is 8.49. The van der Waals surface area contributed by atoms with Crippen molar-refractivity contribution in [2.75, 3.05) is 7.11 Å². The summed E-state index contributed by atoms with van der Waals surface area (Å²) in [6.07, 6.45) is 1.90. The zero-order valence-electron chi connectivity index (χ0n) is 15.0. The average Bonchev–Trinajstić information content (AvgIpc) is 3.07. The maximum absolute atomic E-state index is 9.95. The van der Waals surface area contributed by atoms with Crippen LogP contribution < -0.4 is 4.74 Å². The zero-order valence-corrected chi connectivity index (χ0v) is 15.0. The molecule has 0 bridgehead atoms. The number of methoxy groups -OCH3 is 1. The number of fused-ring (bicyclic) bond motifs is 1. The number of hydrogen-bond acceptors (Lipinski definition) is 5. The molecule has 4 rings (SSSR count). The molecule has 0 spiro atoms. The summed E-state index contributed by atoms with van der Waals surface area (Å²) in [5.74, 6) is 1.45. The molecule has 0 aliphatic carbocycles. The van der Waals surface area contributed by atoms with Crippen molar-refractivity contribution in [1.29, 1.82) is 0 Å². The van der Waals surface area contributed by atoms with Crippen LogP contribution in [0, 0.1) is 6.92 Å². The predicted molar refractivity (Wildman–Crippen MR) is 104 cm³/mol. The van der Waals surface area contributed by atoms with E-state index in [2.05, 4.69) is 10.2 Å². The maximum atomic E-state index is 9.95. The van der Waals surface area contributed by atoms with Crippen molar-refractivity contribution in [1.82, 2.24) is 9.38 Å². The number of aromatic hydroxyl groups is 1. The Labute approximate surface area is 156 Å². The summed E-state index contributed by atoms with van der Waals surface area (Å²) < 4.78 is 7.14. The third-order valence-electron chi connectivity index (χ3n) is 4.32. The number of nitrogens with zero attached hydrogens (tertiary/aromatic N) is 4. The van der Waals surface area contributed by atoms with Crippen LogP contribution in [-0.4, -0.2) is 21.6 Å². The van der Waals surface area contributed by atoms with Crippen molar-refractivity contribution in [3.05, 3.63) is 72.4 Å². The number of azo groups is 1.